The van der Waals surface area contributed by atoms with Crippen LogP contribution in [0.4, 0.5) is 10.1 Å². The smallest absolute Gasteiger partial charge is 0.300 e. The van der Waals surface area contributed by atoms with E-state index in [9.17, 15) is 4.21 Å². The number of hydrogen-bond acceptors (Lipinski definition) is 5. The molecule has 0 aliphatic rings. The minimum atomic E-state index is -1.30. The highest BCUT2D eigenvalue weighted by molar-refractivity contribution is 7.85. The summed E-state index contributed by atoms with van der Waals surface area (Å²) in [7, 11) is -1.30. The summed E-state index contributed by atoms with van der Waals surface area (Å²) in [5.74, 6) is -1.29. The van der Waals surface area contributed by atoms with Crippen LogP contribution in [0.2, 0.25) is 0 Å². The lowest BCUT2D eigenvalue weighted by Gasteiger charge is -2.12. The fourth-order valence-corrected chi connectivity index (χ4v) is 4.10. The van der Waals surface area contributed by atoms with E-state index < -0.39 is 22.8 Å². The first-order valence-corrected chi connectivity index (χ1v) is 11.7. The van der Waals surface area contributed by atoms with Crippen molar-refractivity contribution in [2.24, 2.45) is 0 Å². The van der Waals surface area contributed by atoms with Gasteiger partial charge >= 0.3 is 0 Å². The molecule has 4 heterocycles. The van der Waals surface area contributed by atoms with E-state index in [1.165, 1.54) is 12.5 Å². The molecule has 172 valence electrons. The van der Waals surface area contributed by atoms with Crippen LogP contribution in [0.25, 0.3) is 44.3 Å². The topological polar surface area (TPSA) is 121 Å². The lowest BCUT2D eigenvalue weighted by atomic mass is 9.99. The van der Waals surface area contributed by atoms with Crippen LogP contribution in [-0.4, -0.2) is 41.5 Å². The monoisotopic (exact) mass is 477 g/mol. The third kappa shape index (κ3) is 4.76. The standard InChI is InChI=1S/C22H16FN5OS.C2H4O2/c1-30(29)28-17-7-3-2-6-14(17)20-16(23)11-26-22-21(20)15-9-18(25-12-19(15)27-22)13-5-4-8-24-10-13;1-2(3)4/h2-12,28H,1H3,(H,26,27);1H3,(H,3,4). The molecule has 3 N–H and O–H groups in total. The predicted octanol–water partition coefficient (Wildman–Crippen LogP) is 4.78. The van der Waals surface area contributed by atoms with Gasteiger partial charge in [-0.3, -0.25) is 14.8 Å². The number of aliphatic carboxylic acids is 1. The molecule has 0 aliphatic carbocycles. The third-order valence-electron chi connectivity index (χ3n) is 4.87. The summed E-state index contributed by atoms with van der Waals surface area (Å²) in [6.07, 6.45) is 7.88. The van der Waals surface area contributed by atoms with Crippen LogP contribution in [-0.2, 0) is 15.8 Å². The van der Waals surface area contributed by atoms with E-state index in [0.717, 1.165) is 29.1 Å². The van der Waals surface area contributed by atoms with Gasteiger partial charge in [0.05, 0.1) is 29.3 Å². The SMILES string of the molecule is CC(=O)O.CS(=O)Nc1ccccc1-c1c(F)cnc2[nH]c3cnc(-c4cccnc4)cc3c12. The highest BCUT2D eigenvalue weighted by atomic mass is 32.2. The number of H-pyrrole nitrogens is 1. The van der Waals surface area contributed by atoms with E-state index in [-0.39, 0.29) is 0 Å². The second kappa shape index (κ2) is 9.75. The second-order valence-corrected chi connectivity index (χ2v) is 8.42. The van der Waals surface area contributed by atoms with Crippen LogP contribution in [0.3, 0.4) is 0 Å². The Hall–Kier alpha value is -4.18. The fraction of sp³-hybridized carbons (Fsp3) is 0.0833. The first-order valence-electron chi connectivity index (χ1n) is 10.1. The summed E-state index contributed by atoms with van der Waals surface area (Å²) < 4.78 is 29.8. The number of nitrogens with one attached hydrogen (secondary N) is 2. The third-order valence-corrected chi connectivity index (χ3v) is 5.37. The van der Waals surface area contributed by atoms with E-state index in [0.29, 0.717) is 27.8 Å². The quantitative estimate of drug-likeness (QED) is 0.343. The van der Waals surface area contributed by atoms with Gasteiger partial charge in [-0.1, -0.05) is 18.2 Å². The zero-order chi connectivity index (χ0) is 24.2. The number of rotatable bonds is 4. The molecule has 0 saturated carbocycles. The second-order valence-electron chi connectivity index (χ2n) is 7.31. The zero-order valence-electron chi connectivity index (χ0n) is 18.2. The summed E-state index contributed by atoms with van der Waals surface area (Å²) in [6.45, 7) is 1.08. The summed E-state index contributed by atoms with van der Waals surface area (Å²) in [5, 5.41) is 8.86. The Morgan fingerprint density at radius 3 is 2.59 bits per heavy atom. The number of aromatic amines is 1. The van der Waals surface area contributed by atoms with Gasteiger partial charge in [0.1, 0.15) is 22.5 Å². The Bertz CT molecular complexity index is 1520. The largest absolute Gasteiger partial charge is 0.481 e. The summed E-state index contributed by atoms with van der Waals surface area (Å²) >= 11 is 0. The maximum atomic E-state index is 15.1. The Kier molecular flexibility index (Phi) is 6.60. The van der Waals surface area contributed by atoms with Gasteiger partial charge in [0, 0.05) is 53.0 Å². The number of benzene rings is 1. The number of anilines is 1. The van der Waals surface area contributed by atoms with Gasteiger partial charge in [0.2, 0.25) is 0 Å². The molecule has 0 spiro atoms. The Labute approximate surface area is 196 Å². The fourth-order valence-electron chi connectivity index (χ4n) is 3.61. The van der Waals surface area contributed by atoms with Crippen molar-refractivity contribution in [2.45, 2.75) is 6.92 Å². The molecule has 0 saturated heterocycles. The number of aromatic nitrogens is 4. The van der Waals surface area contributed by atoms with Crippen LogP contribution < -0.4 is 4.72 Å². The molecule has 8 nitrogen and oxygen atoms in total. The molecule has 1 atom stereocenters. The molecule has 10 heteroatoms. The number of nitrogens with zero attached hydrogens (tertiary/aromatic N) is 3. The minimum Gasteiger partial charge on any atom is -0.481 e. The number of carboxylic acid groups (broad SMARTS) is 1. The molecule has 4 aromatic heterocycles. The molecule has 0 radical (unpaired) electrons. The van der Waals surface area contributed by atoms with E-state index in [4.69, 9.17) is 9.90 Å². The lowest BCUT2D eigenvalue weighted by molar-refractivity contribution is -0.134. The van der Waals surface area contributed by atoms with Crippen LogP contribution >= 0.6 is 0 Å². The van der Waals surface area contributed by atoms with Gasteiger partial charge in [-0.15, -0.1) is 0 Å². The molecule has 5 rings (SSSR count). The summed E-state index contributed by atoms with van der Waals surface area (Å²) in [4.78, 5) is 25.1. The van der Waals surface area contributed by atoms with Crippen molar-refractivity contribution in [1.29, 1.82) is 0 Å². The highest BCUT2D eigenvalue weighted by Gasteiger charge is 2.19. The van der Waals surface area contributed by atoms with Crippen LogP contribution in [0.15, 0.2) is 67.3 Å². The van der Waals surface area contributed by atoms with Crippen molar-refractivity contribution >= 4 is 44.6 Å². The minimum absolute atomic E-state index is 0.392. The number of carboxylic acids is 1. The van der Waals surface area contributed by atoms with Crippen LogP contribution in [0, 0.1) is 5.82 Å². The first kappa shape index (κ1) is 23.0. The van der Waals surface area contributed by atoms with Crippen molar-refractivity contribution < 1.29 is 18.5 Å². The van der Waals surface area contributed by atoms with E-state index >= 15 is 4.39 Å². The van der Waals surface area contributed by atoms with Crippen LogP contribution in [0.1, 0.15) is 6.92 Å². The molecular formula is C24H20FN5O3S. The van der Waals surface area contributed by atoms with Crippen molar-refractivity contribution in [3.05, 3.63) is 73.1 Å². The van der Waals surface area contributed by atoms with E-state index in [2.05, 4.69) is 24.7 Å². The van der Waals surface area contributed by atoms with Gasteiger partial charge in [-0.2, -0.15) is 0 Å². The maximum Gasteiger partial charge on any atom is 0.300 e. The summed E-state index contributed by atoms with van der Waals surface area (Å²) in [5.41, 5.74) is 4.48. The van der Waals surface area contributed by atoms with Gasteiger partial charge in [0.15, 0.2) is 0 Å². The molecule has 0 fully saturated rings. The average Bonchev–Trinajstić information content (AvgIpc) is 3.17. The van der Waals surface area contributed by atoms with Gasteiger partial charge < -0.3 is 14.8 Å². The molecule has 0 aliphatic heterocycles. The molecule has 0 bridgehead atoms. The Morgan fingerprint density at radius 2 is 1.88 bits per heavy atom. The Morgan fingerprint density at radius 1 is 1.12 bits per heavy atom. The molecule has 5 aromatic rings. The number of hydrogen-bond donors (Lipinski definition) is 3. The molecule has 0 amide bonds. The maximum absolute atomic E-state index is 15.1. The van der Waals surface area contributed by atoms with Crippen molar-refractivity contribution in [3.8, 4) is 22.4 Å². The summed E-state index contributed by atoms with van der Waals surface area (Å²) in [6, 6.07) is 12.9. The number of halogens is 1. The number of pyridine rings is 3. The molecule has 34 heavy (non-hydrogen) atoms. The first-order chi connectivity index (χ1) is 16.3. The van der Waals surface area contributed by atoms with Crippen LogP contribution in [0.5, 0.6) is 0 Å². The van der Waals surface area contributed by atoms with Gasteiger partial charge in [0.25, 0.3) is 5.97 Å². The predicted molar refractivity (Wildman–Crippen MR) is 131 cm³/mol. The normalized spacial score (nSPS) is 11.6. The van der Waals surface area contributed by atoms with E-state index in [1.54, 1.807) is 30.7 Å². The van der Waals surface area contributed by atoms with Crippen molar-refractivity contribution in [1.82, 2.24) is 19.9 Å². The number of para-hydroxylation sites is 1. The zero-order valence-corrected chi connectivity index (χ0v) is 19.1. The lowest BCUT2D eigenvalue weighted by Crippen LogP contribution is -2.03. The van der Waals surface area contributed by atoms with Gasteiger partial charge in [-0.05, 0) is 24.3 Å². The Balaban J connectivity index is 0.000000636. The number of fused-ring (bicyclic) bond motifs is 3. The van der Waals surface area contributed by atoms with Crippen molar-refractivity contribution in [2.75, 3.05) is 11.0 Å². The molecule has 1 aromatic carbocycles. The highest BCUT2D eigenvalue weighted by Crippen LogP contribution is 2.39. The average molecular weight is 478 g/mol. The molecular weight excluding hydrogens is 457 g/mol. The van der Waals surface area contributed by atoms with Crippen molar-refractivity contribution in [3.63, 3.8) is 0 Å². The number of carbonyl (C=O) groups is 1. The van der Waals surface area contributed by atoms with E-state index in [1.807, 2.05) is 30.3 Å². The van der Waals surface area contributed by atoms with Gasteiger partial charge in [-0.25, -0.2) is 13.6 Å². The molecule has 1 unspecified atom stereocenters.